The van der Waals surface area contributed by atoms with Gasteiger partial charge in [-0.15, -0.1) is 6.42 Å². The summed E-state index contributed by atoms with van der Waals surface area (Å²) < 4.78 is 48.5. The first-order valence-electron chi connectivity index (χ1n) is 8.62. The molecular weight excluding hydrogens is 385 g/mol. The maximum absolute atomic E-state index is 13.6. The van der Waals surface area contributed by atoms with E-state index in [1.165, 1.54) is 29.0 Å². The molecule has 2 aromatic rings. The Kier molecular flexibility index (Phi) is 4.30. The summed E-state index contributed by atoms with van der Waals surface area (Å²) in [5, 5.41) is 2.67. The van der Waals surface area contributed by atoms with Crippen molar-refractivity contribution in [3.8, 4) is 12.3 Å². The molecule has 9 heteroatoms. The van der Waals surface area contributed by atoms with Gasteiger partial charge in [0, 0.05) is 24.5 Å². The number of rotatable bonds is 2. The number of aryl methyl sites for hydroxylation is 1. The molecule has 1 aromatic carbocycles. The molecule has 146 valence electrons. The van der Waals surface area contributed by atoms with Crippen LogP contribution in [0, 0.1) is 18.2 Å². The Bertz CT molecular complexity index is 1130. The van der Waals surface area contributed by atoms with Crippen molar-refractivity contribution in [2.24, 2.45) is 7.05 Å². The van der Waals surface area contributed by atoms with E-state index in [9.17, 15) is 17.6 Å². The number of carbonyl (C=O) groups is 1. The molecule has 1 saturated heterocycles. The van der Waals surface area contributed by atoms with Gasteiger partial charge in [0.2, 0.25) is 10.0 Å². The molecular formula is C19H18FN3O4S. The Morgan fingerprint density at radius 3 is 2.82 bits per heavy atom. The number of ether oxygens (including phenoxy) is 1. The van der Waals surface area contributed by atoms with Crippen molar-refractivity contribution in [1.29, 1.82) is 0 Å². The fraction of sp³-hybridized carbons (Fsp3) is 0.316. The lowest BCUT2D eigenvalue weighted by Crippen LogP contribution is -2.61. The number of fused-ring (bicyclic) bond motifs is 1. The Hall–Kier alpha value is -2.67. The number of hydrogen-bond acceptors (Lipinski definition) is 4. The van der Waals surface area contributed by atoms with Crippen LogP contribution in [-0.2, 0) is 28.2 Å². The van der Waals surface area contributed by atoms with Crippen LogP contribution >= 0.6 is 0 Å². The SMILES string of the molecule is C#Cc1cc(NC(=O)c2c3c(cn2C)S(=O)(=O)NC2(CC3)COC2)ccc1F. The molecule has 4 rings (SSSR count). The first-order valence-corrected chi connectivity index (χ1v) is 10.1. The highest BCUT2D eigenvalue weighted by atomic mass is 32.2. The van der Waals surface area contributed by atoms with Crippen molar-refractivity contribution < 1.29 is 22.3 Å². The standard InChI is InChI=1S/C19H18FN3O4S/c1-3-12-8-13(4-5-15(12)20)21-18(24)17-14-6-7-19(10-27-11-19)22-28(25,26)16(14)9-23(17)2/h1,4-5,8-9,22H,6-7,10-11H2,2H3,(H,21,24). The van der Waals surface area contributed by atoms with E-state index in [1.807, 2.05) is 0 Å². The van der Waals surface area contributed by atoms with Gasteiger partial charge in [-0.05, 0) is 31.0 Å². The Balaban J connectivity index is 1.69. The molecule has 2 aliphatic rings. The van der Waals surface area contributed by atoms with Gasteiger partial charge in [-0.25, -0.2) is 17.5 Å². The third-order valence-electron chi connectivity index (χ3n) is 5.09. The lowest BCUT2D eigenvalue weighted by Gasteiger charge is -2.40. The predicted molar refractivity (Wildman–Crippen MR) is 99.9 cm³/mol. The van der Waals surface area contributed by atoms with Crippen molar-refractivity contribution in [2.75, 3.05) is 18.5 Å². The summed E-state index contributed by atoms with van der Waals surface area (Å²) in [6.45, 7) is 0.628. The number of sulfonamides is 1. The molecule has 28 heavy (non-hydrogen) atoms. The van der Waals surface area contributed by atoms with Gasteiger partial charge in [-0.1, -0.05) is 5.92 Å². The summed E-state index contributed by atoms with van der Waals surface area (Å²) in [5.41, 5.74) is 0.435. The summed E-state index contributed by atoms with van der Waals surface area (Å²) in [6.07, 6.45) is 7.63. The lowest BCUT2D eigenvalue weighted by atomic mass is 9.90. The van der Waals surface area contributed by atoms with Crippen molar-refractivity contribution in [3.05, 3.63) is 47.0 Å². The van der Waals surface area contributed by atoms with Crippen molar-refractivity contribution >= 4 is 21.6 Å². The van der Waals surface area contributed by atoms with E-state index >= 15 is 0 Å². The number of anilines is 1. The number of benzene rings is 1. The first kappa shape index (κ1) is 18.7. The fourth-order valence-electron chi connectivity index (χ4n) is 3.63. The molecule has 1 aromatic heterocycles. The number of aromatic nitrogens is 1. The maximum atomic E-state index is 13.6. The third-order valence-corrected chi connectivity index (χ3v) is 6.72. The number of carbonyl (C=O) groups excluding carboxylic acids is 1. The van der Waals surface area contributed by atoms with Gasteiger partial charge in [0.25, 0.3) is 5.91 Å². The number of nitrogens with zero attached hydrogens (tertiary/aromatic N) is 1. The van der Waals surface area contributed by atoms with Crippen LogP contribution in [0.1, 0.15) is 28.0 Å². The summed E-state index contributed by atoms with van der Waals surface area (Å²) in [7, 11) is -2.17. The number of amides is 1. The number of hydrogen-bond donors (Lipinski definition) is 2. The van der Waals surface area contributed by atoms with E-state index in [0.29, 0.717) is 37.3 Å². The Morgan fingerprint density at radius 1 is 1.43 bits per heavy atom. The van der Waals surface area contributed by atoms with Crippen molar-refractivity contribution in [2.45, 2.75) is 23.3 Å². The van der Waals surface area contributed by atoms with Crippen LogP contribution in [0.5, 0.6) is 0 Å². The molecule has 0 aliphatic carbocycles. The molecule has 3 heterocycles. The second-order valence-corrected chi connectivity index (χ2v) is 8.75. The second kappa shape index (κ2) is 6.44. The fourth-order valence-corrected chi connectivity index (χ4v) is 5.35. The maximum Gasteiger partial charge on any atom is 0.272 e. The summed E-state index contributed by atoms with van der Waals surface area (Å²) in [5.74, 6) is 1.17. The summed E-state index contributed by atoms with van der Waals surface area (Å²) in [4.78, 5) is 13.0. The van der Waals surface area contributed by atoms with E-state index in [1.54, 1.807) is 7.05 Å². The first-order chi connectivity index (χ1) is 13.2. The zero-order valence-electron chi connectivity index (χ0n) is 15.1. The average molecular weight is 403 g/mol. The smallest absolute Gasteiger partial charge is 0.272 e. The second-order valence-electron chi connectivity index (χ2n) is 7.10. The van der Waals surface area contributed by atoms with E-state index in [-0.39, 0.29) is 16.2 Å². The van der Waals surface area contributed by atoms with Crippen LogP contribution in [0.25, 0.3) is 0 Å². The van der Waals surface area contributed by atoms with Crippen LogP contribution in [0.4, 0.5) is 10.1 Å². The quantitative estimate of drug-likeness (QED) is 0.742. The zero-order valence-corrected chi connectivity index (χ0v) is 15.9. The summed E-state index contributed by atoms with van der Waals surface area (Å²) >= 11 is 0. The van der Waals surface area contributed by atoms with E-state index in [0.717, 1.165) is 0 Å². The van der Waals surface area contributed by atoms with Gasteiger partial charge < -0.3 is 14.6 Å². The number of halogens is 1. The zero-order chi connectivity index (χ0) is 20.1. The summed E-state index contributed by atoms with van der Waals surface area (Å²) in [6, 6.07) is 3.92. The molecule has 1 amide bonds. The van der Waals surface area contributed by atoms with E-state index in [2.05, 4.69) is 16.0 Å². The van der Waals surface area contributed by atoms with Gasteiger partial charge in [0.05, 0.1) is 24.3 Å². The van der Waals surface area contributed by atoms with Gasteiger partial charge >= 0.3 is 0 Å². The monoisotopic (exact) mass is 403 g/mol. The lowest BCUT2D eigenvalue weighted by molar-refractivity contribution is -0.0657. The molecule has 1 fully saturated rings. The van der Waals surface area contributed by atoms with Crippen LogP contribution in [0.3, 0.4) is 0 Å². The highest BCUT2D eigenvalue weighted by molar-refractivity contribution is 7.89. The van der Waals surface area contributed by atoms with Crippen LogP contribution in [0.2, 0.25) is 0 Å². The highest BCUT2D eigenvalue weighted by Crippen LogP contribution is 2.34. The average Bonchev–Trinajstić information content (AvgIpc) is 2.90. The van der Waals surface area contributed by atoms with Crippen LogP contribution < -0.4 is 10.0 Å². The minimum absolute atomic E-state index is 0.0298. The molecule has 0 saturated carbocycles. The number of nitrogens with one attached hydrogen (secondary N) is 2. The minimum Gasteiger partial charge on any atom is -0.377 e. The minimum atomic E-state index is -3.78. The molecule has 0 unspecified atom stereocenters. The van der Waals surface area contributed by atoms with Crippen LogP contribution in [-0.4, -0.2) is 37.6 Å². The molecule has 2 aliphatic heterocycles. The van der Waals surface area contributed by atoms with Crippen molar-refractivity contribution in [3.63, 3.8) is 0 Å². The third kappa shape index (κ3) is 2.99. The normalized spacial score (nSPS) is 19.2. The Morgan fingerprint density at radius 2 is 2.18 bits per heavy atom. The molecule has 1 spiro atoms. The van der Waals surface area contributed by atoms with Gasteiger partial charge in [0.1, 0.15) is 16.4 Å². The Labute approximate surface area is 161 Å². The van der Waals surface area contributed by atoms with Crippen LogP contribution in [0.15, 0.2) is 29.3 Å². The highest BCUT2D eigenvalue weighted by Gasteiger charge is 2.46. The molecule has 7 nitrogen and oxygen atoms in total. The molecule has 2 N–H and O–H groups in total. The predicted octanol–water partition coefficient (Wildman–Crippen LogP) is 1.39. The molecule has 0 atom stereocenters. The number of terminal acetylenes is 1. The largest absolute Gasteiger partial charge is 0.377 e. The van der Waals surface area contributed by atoms with E-state index in [4.69, 9.17) is 11.2 Å². The van der Waals surface area contributed by atoms with E-state index < -0.39 is 27.3 Å². The van der Waals surface area contributed by atoms with Crippen molar-refractivity contribution in [1.82, 2.24) is 9.29 Å². The molecule has 0 bridgehead atoms. The topological polar surface area (TPSA) is 89.4 Å². The molecule has 0 radical (unpaired) electrons. The van der Waals surface area contributed by atoms with Gasteiger partial charge in [-0.3, -0.25) is 4.79 Å². The van der Waals surface area contributed by atoms with Gasteiger partial charge in [-0.2, -0.15) is 0 Å². The van der Waals surface area contributed by atoms with Gasteiger partial charge in [0.15, 0.2) is 0 Å².